The Kier molecular flexibility index (Phi) is 5.39. The Labute approximate surface area is 170 Å². The molecule has 0 saturated carbocycles. The van der Waals surface area contributed by atoms with Crippen LogP contribution in [0.4, 0.5) is 5.69 Å². The molecule has 0 radical (unpaired) electrons. The van der Waals surface area contributed by atoms with Crippen molar-refractivity contribution in [2.45, 2.75) is 18.7 Å². The molecule has 2 heterocycles. The standard InChI is InChI=1S/C20H17N5O3S/c1-13(26)14-6-8-15(9-7-14)22-18(27)11-29-20-24-23-19(28-20)10-25-12-21-16-4-2-3-5-17(16)25/h2-9,12H,10-11H2,1H3,(H,22,27). The molecule has 0 aliphatic heterocycles. The molecule has 0 unspecified atom stereocenters. The predicted octanol–water partition coefficient (Wildman–Crippen LogP) is 3.40. The topological polar surface area (TPSA) is 103 Å². The molecular weight excluding hydrogens is 390 g/mol. The summed E-state index contributed by atoms with van der Waals surface area (Å²) in [5.41, 5.74) is 3.10. The van der Waals surface area contributed by atoms with E-state index in [-0.39, 0.29) is 17.4 Å². The third-order valence-corrected chi connectivity index (χ3v) is 5.00. The van der Waals surface area contributed by atoms with Crippen LogP contribution in [0.3, 0.4) is 0 Å². The molecule has 0 aliphatic carbocycles. The van der Waals surface area contributed by atoms with Gasteiger partial charge in [-0.25, -0.2) is 4.98 Å². The molecule has 0 fully saturated rings. The average molecular weight is 407 g/mol. The molecule has 146 valence electrons. The zero-order chi connectivity index (χ0) is 20.2. The van der Waals surface area contributed by atoms with Gasteiger partial charge in [-0.1, -0.05) is 23.9 Å². The molecule has 2 aromatic heterocycles. The lowest BCUT2D eigenvalue weighted by Gasteiger charge is -2.04. The largest absolute Gasteiger partial charge is 0.414 e. The maximum absolute atomic E-state index is 12.1. The molecule has 4 aromatic rings. The number of ketones is 1. The van der Waals surface area contributed by atoms with Gasteiger partial charge in [0.05, 0.1) is 23.1 Å². The van der Waals surface area contributed by atoms with Crippen molar-refractivity contribution >= 4 is 40.2 Å². The van der Waals surface area contributed by atoms with Crippen molar-refractivity contribution < 1.29 is 14.0 Å². The minimum absolute atomic E-state index is 0.0191. The number of carbonyl (C=O) groups excluding carboxylic acids is 2. The third kappa shape index (κ3) is 4.52. The van der Waals surface area contributed by atoms with E-state index in [2.05, 4.69) is 20.5 Å². The summed E-state index contributed by atoms with van der Waals surface area (Å²) in [4.78, 5) is 27.7. The summed E-state index contributed by atoms with van der Waals surface area (Å²) in [6, 6.07) is 14.5. The normalized spacial score (nSPS) is 10.9. The average Bonchev–Trinajstić information content (AvgIpc) is 3.34. The molecule has 0 atom stereocenters. The lowest BCUT2D eigenvalue weighted by Crippen LogP contribution is -2.14. The van der Waals surface area contributed by atoms with E-state index in [1.807, 2.05) is 28.8 Å². The number of rotatable bonds is 7. The number of hydrogen-bond donors (Lipinski definition) is 1. The quantitative estimate of drug-likeness (QED) is 0.370. The molecular formula is C20H17N5O3S. The van der Waals surface area contributed by atoms with Crippen LogP contribution in [-0.4, -0.2) is 37.2 Å². The highest BCUT2D eigenvalue weighted by Gasteiger charge is 2.12. The van der Waals surface area contributed by atoms with Gasteiger partial charge in [0.15, 0.2) is 5.78 Å². The number of amides is 1. The first kappa shape index (κ1) is 18.9. The van der Waals surface area contributed by atoms with Gasteiger partial charge < -0.3 is 14.3 Å². The number of thioether (sulfide) groups is 1. The second-order valence-electron chi connectivity index (χ2n) is 6.29. The summed E-state index contributed by atoms with van der Waals surface area (Å²) in [5, 5.41) is 11.1. The number of imidazole rings is 1. The Bertz CT molecular complexity index is 1170. The van der Waals surface area contributed by atoms with Crippen molar-refractivity contribution in [1.29, 1.82) is 0 Å². The molecule has 0 spiro atoms. The van der Waals surface area contributed by atoms with Gasteiger partial charge in [-0.2, -0.15) is 0 Å². The molecule has 0 aliphatic rings. The van der Waals surface area contributed by atoms with E-state index >= 15 is 0 Å². The summed E-state index contributed by atoms with van der Waals surface area (Å²) in [5.74, 6) is 0.348. The predicted molar refractivity (Wildman–Crippen MR) is 109 cm³/mol. The van der Waals surface area contributed by atoms with Crippen LogP contribution in [0, 0.1) is 0 Å². The van der Waals surface area contributed by atoms with Gasteiger partial charge in [0.25, 0.3) is 5.22 Å². The van der Waals surface area contributed by atoms with Crippen molar-refractivity contribution in [3.8, 4) is 0 Å². The number of fused-ring (bicyclic) bond motifs is 1. The molecule has 1 N–H and O–H groups in total. The van der Waals surface area contributed by atoms with E-state index in [1.54, 1.807) is 30.6 Å². The first-order valence-corrected chi connectivity index (χ1v) is 9.83. The van der Waals surface area contributed by atoms with Crippen molar-refractivity contribution in [1.82, 2.24) is 19.7 Å². The minimum Gasteiger partial charge on any atom is -0.414 e. The monoisotopic (exact) mass is 407 g/mol. The summed E-state index contributed by atoms with van der Waals surface area (Å²) in [6.45, 7) is 1.90. The lowest BCUT2D eigenvalue weighted by atomic mass is 10.1. The fourth-order valence-electron chi connectivity index (χ4n) is 2.76. The summed E-state index contributed by atoms with van der Waals surface area (Å²) in [7, 11) is 0. The van der Waals surface area contributed by atoms with Crippen LogP contribution in [0.1, 0.15) is 23.2 Å². The van der Waals surface area contributed by atoms with E-state index < -0.39 is 0 Å². The lowest BCUT2D eigenvalue weighted by molar-refractivity contribution is -0.113. The number of nitrogens with zero attached hydrogens (tertiary/aromatic N) is 4. The number of para-hydroxylation sites is 2. The Morgan fingerprint density at radius 1 is 1.10 bits per heavy atom. The minimum atomic E-state index is -0.203. The van der Waals surface area contributed by atoms with Gasteiger partial charge in [0.2, 0.25) is 11.8 Å². The summed E-state index contributed by atoms with van der Waals surface area (Å²) < 4.78 is 7.55. The van der Waals surface area contributed by atoms with E-state index in [9.17, 15) is 9.59 Å². The second-order valence-corrected chi connectivity index (χ2v) is 7.22. The number of Topliss-reactive ketones (excluding diaryl/α,β-unsaturated/α-hetero) is 1. The fraction of sp³-hybridized carbons (Fsp3) is 0.150. The van der Waals surface area contributed by atoms with Crippen molar-refractivity contribution in [3.63, 3.8) is 0 Å². The molecule has 0 saturated heterocycles. The fourth-order valence-corrected chi connectivity index (χ4v) is 3.34. The highest BCUT2D eigenvalue weighted by atomic mass is 32.2. The number of nitrogens with one attached hydrogen (secondary N) is 1. The highest BCUT2D eigenvalue weighted by molar-refractivity contribution is 7.99. The molecule has 9 heteroatoms. The van der Waals surface area contributed by atoms with Crippen LogP contribution >= 0.6 is 11.8 Å². The van der Waals surface area contributed by atoms with E-state index in [1.165, 1.54) is 6.92 Å². The zero-order valence-electron chi connectivity index (χ0n) is 15.5. The van der Waals surface area contributed by atoms with Gasteiger partial charge in [-0.05, 0) is 43.3 Å². The van der Waals surface area contributed by atoms with Gasteiger partial charge in [0.1, 0.15) is 6.54 Å². The highest BCUT2D eigenvalue weighted by Crippen LogP contribution is 2.19. The first-order valence-electron chi connectivity index (χ1n) is 8.84. The number of benzene rings is 2. The third-order valence-electron chi connectivity index (χ3n) is 4.18. The summed E-state index contributed by atoms with van der Waals surface area (Å²) >= 11 is 1.16. The number of carbonyl (C=O) groups is 2. The van der Waals surface area contributed by atoms with Crippen LogP contribution < -0.4 is 5.32 Å². The molecule has 4 rings (SSSR count). The van der Waals surface area contributed by atoms with Gasteiger partial charge in [0, 0.05) is 11.3 Å². The van der Waals surface area contributed by atoms with Gasteiger partial charge in [-0.3, -0.25) is 9.59 Å². The van der Waals surface area contributed by atoms with E-state index in [4.69, 9.17) is 4.42 Å². The van der Waals surface area contributed by atoms with Crippen molar-refractivity contribution in [2.24, 2.45) is 0 Å². The van der Waals surface area contributed by atoms with E-state index in [0.717, 1.165) is 22.8 Å². The van der Waals surface area contributed by atoms with Crippen LogP contribution in [0.2, 0.25) is 0 Å². The van der Waals surface area contributed by atoms with Gasteiger partial charge >= 0.3 is 0 Å². The molecule has 29 heavy (non-hydrogen) atoms. The van der Waals surface area contributed by atoms with Gasteiger partial charge in [-0.15, -0.1) is 10.2 Å². The maximum atomic E-state index is 12.1. The summed E-state index contributed by atoms with van der Waals surface area (Å²) in [6.07, 6.45) is 1.73. The number of anilines is 1. The zero-order valence-corrected chi connectivity index (χ0v) is 16.3. The van der Waals surface area contributed by atoms with Crippen LogP contribution in [0.5, 0.6) is 0 Å². The van der Waals surface area contributed by atoms with Crippen molar-refractivity contribution in [2.75, 3.05) is 11.1 Å². The molecule has 1 amide bonds. The molecule has 8 nitrogen and oxygen atoms in total. The molecule has 0 bridgehead atoms. The molecule has 2 aromatic carbocycles. The Morgan fingerprint density at radius 2 is 1.90 bits per heavy atom. The van der Waals surface area contributed by atoms with Crippen LogP contribution in [0.25, 0.3) is 11.0 Å². The SMILES string of the molecule is CC(=O)c1ccc(NC(=O)CSc2nnc(Cn3cnc4ccccc43)o2)cc1. The smallest absolute Gasteiger partial charge is 0.277 e. The van der Waals surface area contributed by atoms with Crippen LogP contribution in [0.15, 0.2) is 64.5 Å². The van der Waals surface area contributed by atoms with E-state index in [0.29, 0.717) is 28.9 Å². The first-order chi connectivity index (χ1) is 14.1. The van der Waals surface area contributed by atoms with Crippen molar-refractivity contribution in [3.05, 3.63) is 66.3 Å². The Hall–Kier alpha value is -3.46. The Balaban J connectivity index is 1.32. The van der Waals surface area contributed by atoms with Crippen LogP contribution in [-0.2, 0) is 11.3 Å². The maximum Gasteiger partial charge on any atom is 0.277 e. The number of aromatic nitrogens is 4. The second kappa shape index (κ2) is 8.27. The number of hydrogen-bond acceptors (Lipinski definition) is 7. The Morgan fingerprint density at radius 3 is 2.69 bits per heavy atom.